The molecule has 3 N–H and O–H groups in total. The lowest BCUT2D eigenvalue weighted by Gasteiger charge is -2.39. The number of hydrogen-bond acceptors (Lipinski definition) is 6. The molecule has 1 aliphatic carbocycles. The van der Waals surface area contributed by atoms with Crippen LogP contribution in [0, 0.1) is 5.92 Å². The molecule has 3 atom stereocenters. The van der Waals surface area contributed by atoms with Crippen LogP contribution in [0.15, 0.2) is 60.8 Å². The van der Waals surface area contributed by atoms with Gasteiger partial charge < -0.3 is 20.6 Å². The highest BCUT2D eigenvalue weighted by Gasteiger charge is 2.55. The topological polar surface area (TPSA) is 125 Å². The van der Waals surface area contributed by atoms with Crippen molar-refractivity contribution in [2.45, 2.75) is 50.0 Å². The van der Waals surface area contributed by atoms with Gasteiger partial charge in [-0.15, -0.1) is 0 Å². The molecular weight excluding hydrogens is 530 g/mol. The van der Waals surface area contributed by atoms with Crippen molar-refractivity contribution in [1.82, 2.24) is 9.97 Å². The minimum atomic E-state index is -0.875. The maximum atomic E-state index is 13.2. The van der Waals surface area contributed by atoms with E-state index in [0.717, 1.165) is 44.5 Å². The highest BCUT2D eigenvalue weighted by atomic mass is 16.4. The molecule has 4 aliphatic rings. The average molecular weight is 560 g/mol. The van der Waals surface area contributed by atoms with Gasteiger partial charge in [0.15, 0.2) is 0 Å². The second kappa shape index (κ2) is 8.61. The molecule has 0 bridgehead atoms. The number of aromatic nitrogens is 2. The first kappa shape index (κ1) is 25.0. The number of carbonyl (C=O) groups is 3. The molecule has 2 unspecified atom stereocenters. The number of fused-ring (bicyclic) bond motifs is 4. The Morgan fingerprint density at radius 2 is 1.88 bits per heavy atom. The number of rotatable bonds is 5. The minimum Gasteiger partial charge on any atom is -0.481 e. The Bertz CT molecular complexity index is 1870. The summed E-state index contributed by atoms with van der Waals surface area (Å²) in [4.78, 5) is 50.0. The first-order valence-corrected chi connectivity index (χ1v) is 14.4. The third-order valence-electron chi connectivity index (χ3n) is 9.87. The predicted molar refractivity (Wildman–Crippen MR) is 158 cm³/mol. The second-order valence-corrected chi connectivity index (χ2v) is 12.1. The number of aliphatic carboxylic acids is 1. The van der Waals surface area contributed by atoms with E-state index in [4.69, 9.17) is 4.98 Å². The highest BCUT2D eigenvalue weighted by molar-refractivity contribution is 6.06. The smallest absolute Gasteiger partial charge is 0.307 e. The van der Waals surface area contributed by atoms with Crippen molar-refractivity contribution in [3.63, 3.8) is 0 Å². The molecule has 0 fully saturated rings. The molecule has 9 heteroatoms. The van der Waals surface area contributed by atoms with Crippen molar-refractivity contribution in [3.8, 4) is 0 Å². The van der Waals surface area contributed by atoms with Crippen LogP contribution in [0.5, 0.6) is 0 Å². The maximum Gasteiger partial charge on any atom is 0.307 e. The molecule has 5 heterocycles. The molecular formula is C33H29N5O4. The van der Waals surface area contributed by atoms with E-state index in [2.05, 4.69) is 38.7 Å². The van der Waals surface area contributed by atoms with Gasteiger partial charge in [-0.2, -0.15) is 0 Å². The number of pyridine rings is 2. The van der Waals surface area contributed by atoms with E-state index in [1.165, 1.54) is 0 Å². The van der Waals surface area contributed by atoms with Crippen LogP contribution >= 0.6 is 0 Å². The number of carboxylic acids is 1. The van der Waals surface area contributed by atoms with Gasteiger partial charge in [-0.25, -0.2) is 4.98 Å². The molecule has 9 nitrogen and oxygen atoms in total. The maximum absolute atomic E-state index is 13.2. The molecule has 42 heavy (non-hydrogen) atoms. The molecule has 2 amide bonds. The van der Waals surface area contributed by atoms with Crippen LogP contribution < -0.4 is 15.5 Å². The Kier molecular flexibility index (Phi) is 5.12. The number of carbonyl (C=O) groups excluding carboxylic acids is 2. The summed E-state index contributed by atoms with van der Waals surface area (Å²) in [5, 5.41) is 17.1. The number of anilines is 3. The van der Waals surface area contributed by atoms with Gasteiger partial charge in [-0.1, -0.05) is 25.1 Å². The van der Waals surface area contributed by atoms with Crippen molar-refractivity contribution in [3.05, 3.63) is 88.7 Å². The highest BCUT2D eigenvalue weighted by Crippen LogP contribution is 2.54. The summed E-state index contributed by atoms with van der Waals surface area (Å²) in [7, 11) is 0. The number of benzene rings is 2. The van der Waals surface area contributed by atoms with Crippen molar-refractivity contribution in [2.24, 2.45) is 5.92 Å². The van der Waals surface area contributed by atoms with E-state index in [0.29, 0.717) is 43.9 Å². The molecule has 2 aromatic heterocycles. The monoisotopic (exact) mass is 559 g/mol. The summed E-state index contributed by atoms with van der Waals surface area (Å²) in [5.41, 5.74) is 6.10. The number of carboxylic acid groups (broad SMARTS) is 1. The summed E-state index contributed by atoms with van der Waals surface area (Å²) < 4.78 is 0. The van der Waals surface area contributed by atoms with Crippen LogP contribution in [-0.2, 0) is 44.6 Å². The summed E-state index contributed by atoms with van der Waals surface area (Å²) in [6, 6.07) is 18.0. The van der Waals surface area contributed by atoms with Crippen LogP contribution in [0.2, 0.25) is 0 Å². The normalized spacial score (nSPS) is 23.9. The Morgan fingerprint density at radius 3 is 2.69 bits per heavy atom. The first-order valence-electron chi connectivity index (χ1n) is 14.4. The van der Waals surface area contributed by atoms with Gasteiger partial charge in [0.05, 0.1) is 29.1 Å². The quantitative estimate of drug-likeness (QED) is 0.333. The third-order valence-corrected chi connectivity index (χ3v) is 9.87. The van der Waals surface area contributed by atoms with E-state index in [9.17, 15) is 19.5 Å². The summed E-state index contributed by atoms with van der Waals surface area (Å²) in [5.74, 6) is -1.05. The van der Waals surface area contributed by atoms with Gasteiger partial charge in [0, 0.05) is 52.5 Å². The Hall–Kier alpha value is -4.79. The number of nitrogens with zero attached hydrogens (tertiary/aromatic N) is 3. The fourth-order valence-corrected chi connectivity index (χ4v) is 8.13. The largest absolute Gasteiger partial charge is 0.481 e. The zero-order chi connectivity index (χ0) is 28.8. The number of nitrogens with one attached hydrogen (secondary N) is 2. The van der Waals surface area contributed by atoms with Gasteiger partial charge >= 0.3 is 5.97 Å². The molecule has 1 spiro atoms. The second-order valence-electron chi connectivity index (χ2n) is 12.1. The lowest BCUT2D eigenvalue weighted by molar-refractivity contribution is -0.144. The fourth-order valence-electron chi connectivity index (χ4n) is 8.13. The third kappa shape index (κ3) is 3.33. The molecule has 210 valence electrons. The van der Waals surface area contributed by atoms with Crippen LogP contribution in [0.25, 0.3) is 10.9 Å². The Labute approximate surface area is 242 Å². The first-order chi connectivity index (χ1) is 20.3. The molecule has 2 aromatic carbocycles. The molecule has 0 saturated carbocycles. The van der Waals surface area contributed by atoms with Crippen molar-refractivity contribution >= 4 is 45.9 Å². The minimum absolute atomic E-state index is 0.00210. The lowest BCUT2D eigenvalue weighted by Crippen LogP contribution is -2.48. The molecule has 0 radical (unpaired) electrons. The van der Waals surface area contributed by atoms with Gasteiger partial charge in [-0.3, -0.25) is 19.4 Å². The SMILES string of the molecule is CCC(C(=O)O)C12CC(=O)Nc3cccc(c31)N(Cc1ccc3cc4c(cc3n1)C[C@]1(C4)C(=O)Nc3ncccc31)C2. The van der Waals surface area contributed by atoms with Gasteiger partial charge in [-0.05, 0) is 66.8 Å². The van der Waals surface area contributed by atoms with Crippen molar-refractivity contribution < 1.29 is 19.5 Å². The average Bonchev–Trinajstić information content (AvgIpc) is 3.58. The Balaban J connectivity index is 1.14. The van der Waals surface area contributed by atoms with Gasteiger partial charge in [0.1, 0.15) is 5.82 Å². The van der Waals surface area contributed by atoms with E-state index >= 15 is 0 Å². The molecule has 8 rings (SSSR count). The Morgan fingerprint density at radius 1 is 1.05 bits per heavy atom. The standard InChI is InChI=1S/C33H29N5O4/c1-2-22(30(40)41)33-15-27(39)36-24-6-3-7-26(28(24)33)38(17-33)16-21-9-8-18-11-19-13-32(14-20(19)12-25(18)35-21)23-5-4-10-34-29(23)37-31(32)42/h3-12,22H,2,13-17H2,1H3,(H,36,39)(H,40,41)(H,34,37,42)/t22?,32-,33?/m0/s1. The van der Waals surface area contributed by atoms with E-state index in [1.54, 1.807) is 6.20 Å². The predicted octanol–water partition coefficient (Wildman–Crippen LogP) is 4.33. The molecule has 3 aliphatic heterocycles. The van der Waals surface area contributed by atoms with E-state index in [-0.39, 0.29) is 18.2 Å². The van der Waals surface area contributed by atoms with Crippen molar-refractivity contribution in [1.29, 1.82) is 0 Å². The molecule has 4 aromatic rings. The summed E-state index contributed by atoms with van der Waals surface area (Å²) >= 11 is 0. The van der Waals surface area contributed by atoms with E-state index < -0.39 is 22.7 Å². The van der Waals surface area contributed by atoms with Gasteiger partial charge in [0.2, 0.25) is 11.8 Å². The zero-order valence-corrected chi connectivity index (χ0v) is 23.1. The fraction of sp³-hybridized carbons (Fsp3) is 0.303. The number of hydrogen-bond donors (Lipinski definition) is 3. The van der Waals surface area contributed by atoms with Crippen LogP contribution in [0.3, 0.4) is 0 Å². The molecule has 0 saturated heterocycles. The summed E-state index contributed by atoms with van der Waals surface area (Å²) in [6.45, 7) is 2.80. The van der Waals surface area contributed by atoms with Gasteiger partial charge in [0.25, 0.3) is 0 Å². The van der Waals surface area contributed by atoms with Crippen molar-refractivity contribution in [2.75, 3.05) is 22.1 Å². The lowest BCUT2D eigenvalue weighted by atomic mass is 9.66. The summed E-state index contributed by atoms with van der Waals surface area (Å²) in [6.07, 6.45) is 3.52. The van der Waals surface area contributed by atoms with Crippen LogP contribution in [0.1, 0.15) is 47.7 Å². The van der Waals surface area contributed by atoms with Crippen LogP contribution in [0.4, 0.5) is 17.2 Å². The van der Waals surface area contributed by atoms with Crippen LogP contribution in [-0.4, -0.2) is 39.4 Å². The number of amides is 2. The van der Waals surface area contributed by atoms with E-state index in [1.807, 2.05) is 43.3 Å². The zero-order valence-electron chi connectivity index (χ0n) is 23.1.